The van der Waals surface area contributed by atoms with E-state index in [1.807, 2.05) is 32.0 Å². The van der Waals surface area contributed by atoms with Crippen molar-refractivity contribution in [1.29, 1.82) is 0 Å². The van der Waals surface area contributed by atoms with Crippen LogP contribution < -0.4 is 15.4 Å². The molecule has 0 fully saturated rings. The molecule has 0 spiro atoms. The van der Waals surface area contributed by atoms with Gasteiger partial charge in [-0.2, -0.15) is 0 Å². The van der Waals surface area contributed by atoms with Crippen LogP contribution in [0.3, 0.4) is 0 Å². The van der Waals surface area contributed by atoms with Crippen molar-refractivity contribution >= 4 is 11.7 Å². The second-order valence-electron chi connectivity index (χ2n) is 4.93. The van der Waals surface area contributed by atoms with Crippen LogP contribution in [-0.4, -0.2) is 19.2 Å². The highest BCUT2D eigenvalue weighted by Crippen LogP contribution is 2.20. The van der Waals surface area contributed by atoms with E-state index in [9.17, 15) is 9.18 Å². The minimum atomic E-state index is -0.351. The lowest BCUT2D eigenvalue weighted by Crippen LogP contribution is -2.32. The Labute approximate surface area is 129 Å². The molecule has 0 saturated heterocycles. The third kappa shape index (κ3) is 4.48. The van der Waals surface area contributed by atoms with Crippen LogP contribution >= 0.6 is 0 Å². The predicted molar refractivity (Wildman–Crippen MR) is 84.8 cm³/mol. The van der Waals surface area contributed by atoms with Crippen LogP contribution in [0.15, 0.2) is 42.5 Å². The van der Waals surface area contributed by atoms with Crippen molar-refractivity contribution < 1.29 is 13.9 Å². The molecule has 0 heterocycles. The van der Waals surface area contributed by atoms with Crippen molar-refractivity contribution in [1.82, 2.24) is 5.32 Å². The summed E-state index contributed by atoms with van der Waals surface area (Å²) >= 11 is 0. The topological polar surface area (TPSA) is 50.4 Å². The number of hydrogen-bond acceptors (Lipinski definition) is 2. The van der Waals surface area contributed by atoms with E-state index in [0.717, 1.165) is 11.3 Å². The van der Waals surface area contributed by atoms with E-state index in [4.69, 9.17) is 4.74 Å². The number of ether oxygens (including phenoxy) is 1. The smallest absolute Gasteiger partial charge is 0.319 e. The number of amides is 2. The predicted octanol–water partition coefficient (Wildman–Crippen LogP) is 3.64. The number of rotatable bonds is 5. The third-order valence-electron chi connectivity index (χ3n) is 3.30. The molecule has 2 rings (SSSR count). The lowest BCUT2D eigenvalue weighted by molar-refractivity contribution is 0.247. The molecule has 0 unspecified atom stereocenters. The lowest BCUT2D eigenvalue weighted by atomic mass is 10.1. The first-order chi connectivity index (χ1) is 10.6. The quantitative estimate of drug-likeness (QED) is 0.828. The van der Waals surface area contributed by atoms with E-state index in [1.54, 1.807) is 0 Å². The van der Waals surface area contributed by atoms with Gasteiger partial charge >= 0.3 is 6.03 Å². The van der Waals surface area contributed by atoms with Crippen LogP contribution in [0.1, 0.15) is 11.1 Å². The van der Waals surface area contributed by atoms with Gasteiger partial charge in [0.1, 0.15) is 18.2 Å². The summed E-state index contributed by atoms with van der Waals surface area (Å²) in [5, 5.41) is 5.30. The fourth-order valence-electron chi connectivity index (χ4n) is 1.91. The molecule has 22 heavy (non-hydrogen) atoms. The fraction of sp³-hybridized carbons (Fsp3) is 0.235. The summed E-state index contributed by atoms with van der Waals surface area (Å²) in [4.78, 5) is 11.7. The lowest BCUT2D eigenvalue weighted by Gasteiger charge is -2.12. The molecule has 0 aliphatic rings. The van der Waals surface area contributed by atoms with Crippen LogP contribution in [-0.2, 0) is 0 Å². The van der Waals surface area contributed by atoms with E-state index < -0.39 is 0 Å². The van der Waals surface area contributed by atoms with Gasteiger partial charge in [-0.05, 0) is 55.3 Å². The largest absolute Gasteiger partial charge is 0.491 e. The molecule has 0 saturated carbocycles. The molecule has 0 atom stereocenters. The summed E-state index contributed by atoms with van der Waals surface area (Å²) in [6.45, 7) is 4.78. The van der Waals surface area contributed by atoms with Gasteiger partial charge in [0.15, 0.2) is 0 Å². The van der Waals surface area contributed by atoms with Gasteiger partial charge in [0, 0.05) is 5.69 Å². The number of anilines is 1. The highest BCUT2D eigenvalue weighted by Gasteiger charge is 2.03. The third-order valence-corrected chi connectivity index (χ3v) is 3.30. The van der Waals surface area contributed by atoms with Crippen molar-refractivity contribution in [3.63, 3.8) is 0 Å². The Hall–Kier alpha value is -2.56. The Bertz CT molecular complexity index is 642. The Kier molecular flexibility index (Phi) is 5.36. The zero-order valence-corrected chi connectivity index (χ0v) is 12.7. The van der Waals surface area contributed by atoms with Crippen molar-refractivity contribution in [2.24, 2.45) is 0 Å². The van der Waals surface area contributed by atoms with Gasteiger partial charge in [-0.3, -0.25) is 0 Å². The van der Waals surface area contributed by atoms with E-state index >= 15 is 0 Å². The summed E-state index contributed by atoms with van der Waals surface area (Å²) < 4.78 is 18.4. The number of urea groups is 1. The molecule has 2 N–H and O–H groups in total. The van der Waals surface area contributed by atoms with E-state index in [-0.39, 0.29) is 11.8 Å². The zero-order valence-electron chi connectivity index (χ0n) is 12.7. The van der Waals surface area contributed by atoms with Crippen molar-refractivity contribution in [2.45, 2.75) is 13.8 Å². The molecular formula is C17H19FN2O2. The van der Waals surface area contributed by atoms with Gasteiger partial charge in [-0.25, -0.2) is 9.18 Å². The fourth-order valence-corrected chi connectivity index (χ4v) is 1.91. The molecule has 0 aliphatic carbocycles. The van der Waals surface area contributed by atoms with E-state index in [0.29, 0.717) is 18.8 Å². The molecule has 0 bridgehead atoms. The molecule has 4 nitrogen and oxygen atoms in total. The second kappa shape index (κ2) is 7.45. The summed E-state index contributed by atoms with van der Waals surface area (Å²) in [6.07, 6.45) is 0. The van der Waals surface area contributed by atoms with Crippen LogP contribution in [0.2, 0.25) is 0 Å². The average molecular weight is 302 g/mol. The number of benzene rings is 2. The Morgan fingerprint density at radius 1 is 1.14 bits per heavy atom. The Morgan fingerprint density at radius 2 is 1.86 bits per heavy atom. The van der Waals surface area contributed by atoms with Crippen molar-refractivity contribution in [3.05, 3.63) is 59.4 Å². The molecule has 0 aromatic heterocycles. The van der Waals surface area contributed by atoms with Crippen LogP contribution in [0.5, 0.6) is 5.75 Å². The van der Waals surface area contributed by atoms with Crippen molar-refractivity contribution in [3.8, 4) is 5.75 Å². The number of carbonyl (C=O) groups excluding carboxylic acids is 1. The SMILES string of the molecule is Cc1cccc(OCCNC(=O)Nc2ccc(F)cc2)c1C. The molecule has 116 valence electrons. The van der Waals surface area contributed by atoms with Gasteiger partial charge in [0.25, 0.3) is 0 Å². The monoisotopic (exact) mass is 302 g/mol. The number of hydrogen-bond donors (Lipinski definition) is 2. The molecule has 2 aromatic carbocycles. The Morgan fingerprint density at radius 3 is 2.59 bits per heavy atom. The zero-order chi connectivity index (χ0) is 15.9. The van der Waals surface area contributed by atoms with Crippen LogP contribution in [0.4, 0.5) is 14.9 Å². The number of halogens is 1. The number of carbonyl (C=O) groups is 1. The van der Waals surface area contributed by atoms with E-state index in [2.05, 4.69) is 10.6 Å². The van der Waals surface area contributed by atoms with Crippen molar-refractivity contribution in [2.75, 3.05) is 18.5 Å². The molecule has 0 radical (unpaired) electrons. The van der Waals surface area contributed by atoms with E-state index in [1.165, 1.54) is 29.8 Å². The second-order valence-corrected chi connectivity index (χ2v) is 4.93. The molecular weight excluding hydrogens is 283 g/mol. The Balaban J connectivity index is 1.73. The first-order valence-corrected chi connectivity index (χ1v) is 7.05. The summed E-state index contributed by atoms with van der Waals surface area (Å²) in [5.41, 5.74) is 2.80. The van der Waals surface area contributed by atoms with Gasteiger partial charge < -0.3 is 15.4 Å². The van der Waals surface area contributed by atoms with Gasteiger partial charge in [-0.15, -0.1) is 0 Å². The normalized spacial score (nSPS) is 10.1. The maximum atomic E-state index is 12.7. The molecule has 5 heteroatoms. The minimum Gasteiger partial charge on any atom is -0.491 e. The highest BCUT2D eigenvalue weighted by atomic mass is 19.1. The average Bonchev–Trinajstić information content (AvgIpc) is 2.50. The molecule has 2 aromatic rings. The van der Waals surface area contributed by atoms with Gasteiger partial charge in [0.05, 0.1) is 6.54 Å². The standard InChI is InChI=1S/C17H19FN2O2/c1-12-4-3-5-16(13(12)2)22-11-10-19-17(21)20-15-8-6-14(18)7-9-15/h3-9H,10-11H2,1-2H3,(H2,19,20,21). The first-order valence-electron chi connectivity index (χ1n) is 7.05. The van der Waals surface area contributed by atoms with Gasteiger partial charge in [0.2, 0.25) is 0 Å². The first kappa shape index (κ1) is 15.8. The maximum Gasteiger partial charge on any atom is 0.319 e. The maximum absolute atomic E-state index is 12.7. The minimum absolute atomic E-state index is 0.340. The number of nitrogens with one attached hydrogen (secondary N) is 2. The van der Waals surface area contributed by atoms with Crippen LogP contribution in [0, 0.1) is 19.7 Å². The highest BCUT2D eigenvalue weighted by molar-refractivity contribution is 5.89. The number of aryl methyl sites for hydroxylation is 1. The summed E-state index contributed by atoms with van der Waals surface area (Å²) in [6, 6.07) is 11.1. The van der Waals surface area contributed by atoms with Crippen LogP contribution in [0.25, 0.3) is 0 Å². The molecule has 0 aliphatic heterocycles. The molecule has 2 amide bonds. The van der Waals surface area contributed by atoms with Gasteiger partial charge in [-0.1, -0.05) is 12.1 Å². The summed E-state index contributed by atoms with van der Waals surface area (Å²) in [5.74, 6) is 0.480. The summed E-state index contributed by atoms with van der Waals surface area (Å²) in [7, 11) is 0.